The van der Waals surface area contributed by atoms with Gasteiger partial charge in [-0.15, -0.1) is 11.6 Å². The number of nitrogens with two attached hydrogens (primary N) is 1. The standard InChI is InChI=1S/C21H28ClNO3/c1-20-6-5-12(24)7-11(20)3-4-13-14-8-15(23)19(17(26)10-22)21(14,2)9-16(25)18(13)20/h5-7,13-16,18-19,25H,3-4,8-10,23H2,1-2H3/t13?,14?,15-,16?,18?,19?,20-,21-/m0/s1. The maximum atomic E-state index is 12.5. The summed E-state index contributed by atoms with van der Waals surface area (Å²) >= 11 is 5.88. The lowest BCUT2D eigenvalue weighted by Gasteiger charge is -2.58. The van der Waals surface area contributed by atoms with Crippen molar-refractivity contribution in [3.63, 3.8) is 0 Å². The van der Waals surface area contributed by atoms with E-state index in [1.165, 1.54) is 0 Å². The first-order valence-electron chi connectivity index (χ1n) is 9.69. The van der Waals surface area contributed by atoms with Crippen LogP contribution in [-0.4, -0.2) is 34.7 Å². The Bertz CT molecular complexity index is 716. The number of ketones is 2. The summed E-state index contributed by atoms with van der Waals surface area (Å²) in [6, 6.07) is -0.185. The van der Waals surface area contributed by atoms with Gasteiger partial charge >= 0.3 is 0 Å². The minimum atomic E-state index is -0.510. The van der Waals surface area contributed by atoms with Crippen molar-refractivity contribution in [1.82, 2.24) is 0 Å². The Hall–Kier alpha value is -0.970. The molecular weight excluding hydrogens is 350 g/mol. The van der Waals surface area contributed by atoms with E-state index in [-0.39, 0.29) is 46.2 Å². The monoisotopic (exact) mass is 377 g/mol. The van der Waals surface area contributed by atoms with Crippen LogP contribution in [0.1, 0.15) is 39.5 Å². The summed E-state index contributed by atoms with van der Waals surface area (Å²) < 4.78 is 0. The second-order valence-electron chi connectivity index (χ2n) is 9.28. The molecule has 0 aliphatic heterocycles. The van der Waals surface area contributed by atoms with Crippen molar-refractivity contribution in [2.45, 2.75) is 51.7 Å². The molecule has 26 heavy (non-hydrogen) atoms. The molecule has 0 spiro atoms. The Morgan fingerprint density at radius 1 is 1.42 bits per heavy atom. The van der Waals surface area contributed by atoms with Crippen molar-refractivity contribution in [2.24, 2.45) is 40.2 Å². The molecule has 0 radical (unpaired) electrons. The molecular formula is C21H28ClNO3. The van der Waals surface area contributed by atoms with Crippen LogP contribution >= 0.6 is 11.6 Å². The number of Topliss-reactive ketones (excluding diaryl/α,β-unsaturated/α-hetero) is 1. The predicted octanol–water partition coefficient (Wildman–Crippen LogP) is 2.63. The molecule has 5 unspecified atom stereocenters. The molecule has 4 nitrogen and oxygen atoms in total. The highest BCUT2D eigenvalue weighted by molar-refractivity contribution is 6.28. The van der Waals surface area contributed by atoms with E-state index in [4.69, 9.17) is 17.3 Å². The number of alkyl halides is 1. The molecule has 0 aromatic carbocycles. The van der Waals surface area contributed by atoms with Gasteiger partial charge in [-0.05, 0) is 55.1 Å². The Kier molecular flexibility index (Phi) is 4.26. The molecule has 8 atom stereocenters. The number of allylic oxidation sites excluding steroid dienone is 4. The van der Waals surface area contributed by atoms with Gasteiger partial charge in [-0.3, -0.25) is 9.59 Å². The summed E-state index contributed by atoms with van der Waals surface area (Å²) in [4.78, 5) is 24.4. The van der Waals surface area contributed by atoms with E-state index in [1.807, 2.05) is 6.08 Å². The molecule has 3 fully saturated rings. The van der Waals surface area contributed by atoms with Crippen LogP contribution in [0, 0.1) is 34.5 Å². The van der Waals surface area contributed by atoms with E-state index >= 15 is 0 Å². The lowest BCUT2D eigenvalue weighted by atomic mass is 9.46. The molecule has 4 rings (SSSR count). The number of carbonyl (C=O) groups is 2. The third-order valence-electron chi connectivity index (χ3n) is 8.07. The lowest BCUT2D eigenvalue weighted by molar-refractivity contribution is -0.137. The Morgan fingerprint density at radius 3 is 2.85 bits per heavy atom. The lowest BCUT2D eigenvalue weighted by Crippen LogP contribution is -2.56. The van der Waals surface area contributed by atoms with E-state index in [0.717, 1.165) is 24.8 Å². The average molecular weight is 378 g/mol. The minimum Gasteiger partial charge on any atom is -0.393 e. The largest absolute Gasteiger partial charge is 0.393 e. The number of aliphatic hydroxyl groups excluding tert-OH is 1. The molecule has 5 heteroatoms. The van der Waals surface area contributed by atoms with Crippen molar-refractivity contribution < 1.29 is 14.7 Å². The molecule has 0 aromatic heterocycles. The van der Waals surface area contributed by atoms with Crippen LogP contribution in [0.3, 0.4) is 0 Å². The fraction of sp³-hybridized carbons (Fsp3) is 0.714. The van der Waals surface area contributed by atoms with Crippen LogP contribution in [-0.2, 0) is 9.59 Å². The van der Waals surface area contributed by atoms with E-state index < -0.39 is 6.10 Å². The fourth-order valence-corrected chi connectivity index (χ4v) is 7.28. The minimum absolute atomic E-state index is 0.0136. The first-order valence-corrected chi connectivity index (χ1v) is 10.2. The van der Waals surface area contributed by atoms with Gasteiger partial charge in [0.25, 0.3) is 0 Å². The molecule has 0 saturated heterocycles. The third-order valence-corrected chi connectivity index (χ3v) is 8.34. The molecule has 0 amide bonds. The summed E-state index contributed by atoms with van der Waals surface area (Å²) in [6.07, 6.45) is 8.10. The third kappa shape index (κ3) is 2.35. The average Bonchev–Trinajstić information content (AvgIpc) is 2.84. The smallest absolute Gasteiger partial charge is 0.178 e. The number of halogens is 1. The molecule has 0 bridgehead atoms. The molecule has 4 aliphatic rings. The summed E-state index contributed by atoms with van der Waals surface area (Å²) in [5.41, 5.74) is 6.99. The van der Waals surface area contributed by atoms with Gasteiger partial charge in [0.15, 0.2) is 11.6 Å². The second-order valence-corrected chi connectivity index (χ2v) is 9.54. The van der Waals surface area contributed by atoms with Gasteiger partial charge in [0.05, 0.1) is 12.0 Å². The topological polar surface area (TPSA) is 80.4 Å². The van der Waals surface area contributed by atoms with E-state index in [9.17, 15) is 14.7 Å². The van der Waals surface area contributed by atoms with Crippen LogP contribution in [0.25, 0.3) is 0 Å². The zero-order valence-electron chi connectivity index (χ0n) is 15.5. The fourth-order valence-electron chi connectivity index (χ4n) is 7.11. The van der Waals surface area contributed by atoms with Crippen LogP contribution in [0.2, 0.25) is 0 Å². The summed E-state index contributed by atoms with van der Waals surface area (Å²) in [6.45, 7) is 4.29. The highest BCUT2D eigenvalue weighted by Gasteiger charge is 2.64. The number of aliphatic hydroxyl groups is 1. The molecule has 3 N–H and O–H groups in total. The van der Waals surface area contributed by atoms with Gasteiger partial charge in [0.2, 0.25) is 0 Å². The molecule has 142 valence electrons. The van der Waals surface area contributed by atoms with Crippen LogP contribution < -0.4 is 5.73 Å². The Labute approximate surface area is 159 Å². The van der Waals surface area contributed by atoms with Crippen molar-refractivity contribution >= 4 is 23.2 Å². The van der Waals surface area contributed by atoms with E-state index in [1.54, 1.807) is 12.2 Å². The van der Waals surface area contributed by atoms with Crippen molar-refractivity contribution in [3.05, 3.63) is 23.8 Å². The maximum Gasteiger partial charge on any atom is 0.178 e. The van der Waals surface area contributed by atoms with Crippen LogP contribution in [0.15, 0.2) is 23.8 Å². The Balaban J connectivity index is 1.74. The normalized spacial score (nSPS) is 49.9. The molecule has 3 saturated carbocycles. The number of rotatable bonds is 2. The first kappa shape index (κ1) is 18.4. The van der Waals surface area contributed by atoms with Gasteiger partial charge in [0, 0.05) is 23.3 Å². The van der Waals surface area contributed by atoms with Gasteiger partial charge in [-0.25, -0.2) is 0 Å². The summed E-state index contributed by atoms with van der Waals surface area (Å²) in [7, 11) is 0. The van der Waals surface area contributed by atoms with Crippen LogP contribution in [0.4, 0.5) is 0 Å². The highest BCUT2D eigenvalue weighted by atomic mass is 35.5. The van der Waals surface area contributed by atoms with Crippen molar-refractivity contribution in [2.75, 3.05) is 5.88 Å². The maximum absolute atomic E-state index is 12.5. The first-order chi connectivity index (χ1) is 12.2. The van der Waals surface area contributed by atoms with Crippen molar-refractivity contribution in [3.8, 4) is 0 Å². The van der Waals surface area contributed by atoms with Gasteiger partial charge in [-0.2, -0.15) is 0 Å². The quantitative estimate of drug-likeness (QED) is 0.725. The highest BCUT2D eigenvalue weighted by Crippen LogP contribution is 2.65. The SMILES string of the molecule is C[C@]12CC(O)C3C(CCC4=CC(=O)C=C[C@@]43C)C1C[C@H](N)C2C(=O)CCl. The van der Waals surface area contributed by atoms with Crippen molar-refractivity contribution in [1.29, 1.82) is 0 Å². The molecule has 0 heterocycles. The number of carbonyl (C=O) groups excluding carboxylic acids is 2. The van der Waals surface area contributed by atoms with E-state index in [2.05, 4.69) is 13.8 Å². The summed E-state index contributed by atoms with van der Waals surface area (Å²) in [5, 5.41) is 11.2. The number of fused-ring (bicyclic) bond motifs is 5. The van der Waals surface area contributed by atoms with Gasteiger partial charge in [0.1, 0.15) is 0 Å². The molecule has 0 aromatic rings. The van der Waals surface area contributed by atoms with Crippen LogP contribution in [0.5, 0.6) is 0 Å². The number of hydrogen-bond donors (Lipinski definition) is 2. The summed E-state index contributed by atoms with van der Waals surface area (Å²) in [5.74, 6) is 0.467. The zero-order valence-corrected chi connectivity index (χ0v) is 16.2. The number of hydrogen-bond acceptors (Lipinski definition) is 4. The van der Waals surface area contributed by atoms with Gasteiger partial charge < -0.3 is 10.8 Å². The Morgan fingerprint density at radius 2 is 2.15 bits per heavy atom. The zero-order chi connectivity index (χ0) is 18.9. The second kappa shape index (κ2) is 6.02. The van der Waals surface area contributed by atoms with Gasteiger partial charge in [-0.1, -0.05) is 25.5 Å². The predicted molar refractivity (Wildman–Crippen MR) is 101 cm³/mol. The van der Waals surface area contributed by atoms with E-state index in [0.29, 0.717) is 18.3 Å². The molecule has 4 aliphatic carbocycles.